The van der Waals surface area contributed by atoms with Gasteiger partial charge >= 0.3 is 26.9 Å². The molecule has 1 aromatic rings. The highest BCUT2D eigenvalue weighted by Gasteiger charge is 2.40. The van der Waals surface area contributed by atoms with Gasteiger partial charge in [0, 0.05) is 23.1 Å². The van der Waals surface area contributed by atoms with E-state index in [-0.39, 0.29) is 12.0 Å². The number of rotatable bonds is 9. The summed E-state index contributed by atoms with van der Waals surface area (Å²) < 4.78 is 31.4. The molecule has 2 unspecified atom stereocenters. The number of aryl methyl sites for hydroxylation is 1. The van der Waals surface area contributed by atoms with Crippen LogP contribution in [0, 0.1) is 6.92 Å². The maximum absolute atomic E-state index is 12.0. The molecule has 0 bridgehead atoms. The molecule has 0 aliphatic carbocycles. The first-order chi connectivity index (χ1) is 14.1. The first-order valence-corrected chi connectivity index (χ1v) is 14.6. The second-order valence-corrected chi connectivity index (χ2v) is 13.2. The fraction of sp³-hybridized carbons (Fsp3) is 0.600. The van der Waals surface area contributed by atoms with E-state index >= 15 is 0 Å². The number of nitrogens with one attached hydrogen (secondary N) is 1. The van der Waals surface area contributed by atoms with Crippen LogP contribution in [0.4, 0.5) is 0 Å². The molecule has 1 saturated heterocycles. The fourth-order valence-corrected chi connectivity index (χ4v) is 7.22. The fourth-order valence-electron chi connectivity index (χ4n) is 2.49. The van der Waals surface area contributed by atoms with Gasteiger partial charge in [0.05, 0.1) is 18.8 Å². The average molecular weight is 539 g/mol. The molecule has 2 rings (SSSR count). The third kappa shape index (κ3) is 7.93. The maximum Gasteiger partial charge on any atom is 0.486 e. The molecular weight excluding hydrogens is 523 g/mol. The van der Waals surface area contributed by atoms with Gasteiger partial charge in [-0.15, -0.1) is 0 Å². The number of nitrogens with zero attached hydrogens (tertiary/aromatic N) is 4. The summed E-state index contributed by atoms with van der Waals surface area (Å²) in [7, 11) is -5.29. The van der Waals surface area contributed by atoms with Crippen molar-refractivity contribution in [1.29, 1.82) is 0 Å². The Morgan fingerprint density at radius 3 is 2.58 bits per heavy atom. The molecule has 5 N–H and O–H groups in total. The van der Waals surface area contributed by atoms with E-state index in [9.17, 15) is 23.9 Å². The van der Waals surface area contributed by atoms with Crippen LogP contribution < -0.4 is 11.2 Å². The van der Waals surface area contributed by atoms with E-state index in [1.165, 1.54) is 13.1 Å². The Morgan fingerprint density at radius 1 is 1.35 bits per heavy atom. The van der Waals surface area contributed by atoms with Gasteiger partial charge in [-0.05, 0) is 36.1 Å². The number of azide groups is 1. The van der Waals surface area contributed by atoms with Crippen molar-refractivity contribution in [1.82, 2.24) is 9.55 Å². The maximum atomic E-state index is 12.0. The lowest BCUT2D eigenvalue weighted by atomic mass is 10.1. The van der Waals surface area contributed by atoms with Crippen LogP contribution in [0.25, 0.3) is 10.4 Å². The molecule has 1 aromatic heterocycles. The SMILES string of the molecule is Cc1cn([C@H]2C[C@H](N=[N+]=[N-])[C@@H](COP(O)(=S)OP(=O)(O)OP(O)(O)=S)O2)c(=O)[nH]c1=O. The third-order valence-electron chi connectivity index (χ3n) is 3.68. The lowest BCUT2D eigenvalue weighted by Gasteiger charge is -2.22. The number of hydrogen-bond acceptors (Lipinski definition) is 10. The Labute approximate surface area is 183 Å². The molecule has 0 radical (unpaired) electrons. The highest BCUT2D eigenvalue weighted by Crippen LogP contribution is 2.66. The molecule has 0 aromatic carbocycles. The Bertz CT molecular complexity index is 1140. The van der Waals surface area contributed by atoms with Crippen LogP contribution in [0.3, 0.4) is 0 Å². The van der Waals surface area contributed by atoms with Crippen molar-refractivity contribution < 1.29 is 42.0 Å². The first-order valence-electron chi connectivity index (χ1n) is 7.92. The van der Waals surface area contributed by atoms with Gasteiger partial charge in [0.1, 0.15) is 6.23 Å². The van der Waals surface area contributed by atoms with E-state index < -0.39 is 57.5 Å². The monoisotopic (exact) mass is 539 g/mol. The van der Waals surface area contributed by atoms with E-state index in [4.69, 9.17) is 24.6 Å². The summed E-state index contributed by atoms with van der Waals surface area (Å²) in [6.07, 6.45) is -0.836. The Hall–Kier alpha value is -0.800. The number of aromatic nitrogens is 2. The van der Waals surface area contributed by atoms with Crippen molar-refractivity contribution in [2.45, 2.75) is 31.7 Å². The van der Waals surface area contributed by atoms with Crippen molar-refractivity contribution >= 4 is 44.9 Å². The van der Waals surface area contributed by atoms with Crippen molar-refractivity contribution in [2.75, 3.05) is 6.61 Å². The van der Waals surface area contributed by atoms with Crippen LogP contribution in [0.2, 0.25) is 0 Å². The van der Waals surface area contributed by atoms with Crippen LogP contribution in [0.15, 0.2) is 20.9 Å². The molecule has 1 aliphatic rings. The molecule has 0 saturated carbocycles. The minimum absolute atomic E-state index is 0.0157. The van der Waals surface area contributed by atoms with Gasteiger partial charge in [0.25, 0.3) is 5.56 Å². The van der Waals surface area contributed by atoms with Crippen LogP contribution in [-0.2, 0) is 46.1 Å². The van der Waals surface area contributed by atoms with Crippen LogP contribution in [-0.4, -0.2) is 47.9 Å². The summed E-state index contributed by atoms with van der Waals surface area (Å²) in [4.78, 5) is 65.5. The molecule has 5 atom stereocenters. The summed E-state index contributed by atoms with van der Waals surface area (Å²) in [6.45, 7) is -8.28. The summed E-state index contributed by atoms with van der Waals surface area (Å²) in [5, 5.41) is 3.51. The molecule has 0 amide bonds. The van der Waals surface area contributed by atoms with Gasteiger partial charge in [-0.3, -0.25) is 14.3 Å². The average Bonchev–Trinajstić information content (AvgIpc) is 2.96. The van der Waals surface area contributed by atoms with E-state index in [0.717, 1.165) is 4.57 Å². The molecule has 16 nitrogen and oxygen atoms in total. The van der Waals surface area contributed by atoms with Gasteiger partial charge in [-0.1, -0.05) is 5.11 Å². The van der Waals surface area contributed by atoms with E-state index in [2.05, 4.69) is 47.2 Å². The Morgan fingerprint density at radius 2 is 2.00 bits per heavy atom. The largest absolute Gasteiger partial charge is 0.486 e. The molecule has 0 spiro atoms. The second-order valence-electron chi connectivity index (χ2n) is 6.00. The van der Waals surface area contributed by atoms with Crippen molar-refractivity contribution in [3.63, 3.8) is 0 Å². The molecule has 1 fully saturated rings. The van der Waals surface area contributed by atoms with Crippen molar-refractivity contribution in [3.05, 3.63) is 43.0 Å². The molecule has 1 aliphatic heterocycles. The zero-order chi connectivity index (χ0) is 23.6. The van der Waals surface area contributed by atoms with Crippen molar-refractivity contribution in [3.8, 4) is 0 Å². The smallest absolute Gasteiger partial charge is 0.352 e. The van der Waals surface area contributed by atoms with Gasteiger partial charge in [-0.25, -0.2) is 18.0 Å². The first kappa shape index (κ1) is 26.5. The summed E-state index contributed by atoms with van der Waals surface area (Å²) in [5.74, 6) is 0. The highest BCUT2D eigenvalue weighted by atomic mass is 32.5. The van der Waals surface area contributed by atoms with E-state index in [1.54, 1.807) is 0 Å². The molecular formula is C10H16N5O11P3S2. The van der Waals surface area contributed by atoms with E-state index in [0.29, 0.717) is 0 Å². The van der Waals surface area contributed by atoms with Gasteiger partial charge < -0.3 is 28.8 Å². The quantitative estimate of drug-likeness (QED) is 0.124. The molecule has 174 valence electrons. The Balaban J connectivity index is 2.14. The van der Waals surface area contributed by atoms with E-state index in [1.807, 2.05) is 0 Å². The lowest BCUT2D eigenvalue weighted by molar-refractivity contribution is -0.0242. The Kier molecular flexibility index (Phi) is 8.53. The standard InChI is InChI=1S/C10H16N5O11P3S2/c1-5-3-15(10(17)12-9(5)16)8-2-6(13-14-11)7(24-8)4-23-29(22,31)26-27(18,19)25-28(20,21)30/h3,6-8H,2,4H2,1H3,(H,18,19)(H,22,31)(H,12,16,17)(H2,20,21,30)/t6-,7+,8+,29?/m0/s1. The molecule has 2 heterocycles. The third-order valence-corrected chi connectivity index (χ3v) is 9.00. The van der Waals surface area contributed by atoms with Gasteiger partial charge in [-0.2, -0.15) is 0 Å². The lowest BCUT2D eigenvalue weighted by Crippen LogP contribution is -2.33. The highest BCUT2D eigenvalue weighted by molar-refractivity contribution is 8.10. The van der Waals surface area contributed by atoms with Gasteiger partial charge in [0.2, 0.25) is 0 Å². The predicted molar refractivity (Wildman–Crippen MR) is 111 cm³/mol. The normalized spacial score (nSPS) is 25.4. The van der Waals surface area contributed by atoms with Crippen LogP contribution in [0.5, 0.6) is 0 Å². The van der Waals surface area contributed by atoms with Crippen molar-refractivity contribution in [2.24, 2.45) is 5.11 Å². The number of aromatic amines is 1. The summed E-state index contributed by atoms with van der Waals surface area (Å²) in [5.41, 5.74) is 7.59. The molecule has 31 heavy (non-hydrogen) atoms. The zero-order valence-corrected chi connectivity index (χ0v) is 19.6. The topological polar surface area (TPSA) is 239 Å². The summed E-state index contributed by atoms with van der Waals surface area (Å²) >= 11 is 8.60. The molecule has 21 heteroatoms. The number of phosphoric acid groups is 1. The van der Waals surface area contributed by atoms with Crippen LogP contribution >= 0.6 is 21.3 Å². The van der Waals surface area contributed by atoms with Crippen LogP contribution in [0.1, 0.15) is 18.2 Å². The number of hydrogen-bond donors (Lipinski definition) is 5. The number of ether oxygens (including phenoxy) is 1. The van der Waals surface area contributed by atoms with Gasteiger partial charge in [0.15, 0.2) is 0 Å². The minimum Gasteiger partial charge on any atom is -0.352 e. The second kappa shape index (κ2) is 10.00. The number of H-pyrrole nitrogens is 1. The summed E-state index contributed by atoms with van der Waals surface area (Å²) in [6, 6.07) is -0.914. The predicted octanol–water partition coefficient (Wildman–Crippen LogP) is 0.388. The minimum atomic E-state index is -5.29. The zero-order valence-electron chi connectivity index (χ0n) is 15.3.